The Morgan fingerprint density at radius 2 is 1.66 bits per heavy atom. The standard InChI is InChI=1S/C24H32N2O3/c1-17-6-11-21(29-5)19(16-17)12-14-25-22(27)13-15-26-23(28)18-7-9-20(10-8-18)24(2,3)4/h6-11,16H,12-15H2,1-5H3,(H,25,27)(H,26,28). The van der Waals surface area contributed by atoms with Gasteiger partial charge in [0, 0.05) is 25.1 Å². The molecular formula is C24H32N2O3. The predicted molar refractivity (Wildman–Crippen MR) is 117 cm³/mol. The average Bonchev–Trinajstić information content (AvgIpc) is 2.67. The number of rotatable bonds is 8. The highest BCUT2D eigenvalue weighted by atomic mass is 16.5. The van der Waals surface area contributed by atoms with Crippen molar-refractivity contribution < 1.29 is 14.3 Å². The number of aryl methyl sites for hydroxylation is 1. The van der Waals surface area contributed by atoms with Crippen molar-refractivity contribution in [2.45, 2.75) is 46.0 Å². The van der Waals surface area contributed by atoms with Gasteiger partial charge in [0.05, 0.1) is 7.11 Å². The van der Waals surface area contributed by atoms with E-state index in [1.165, 1.54) is 5.56 Å². The lowest BCUT2D eigenvalue weighted by Gasteiger charge is -2.19. The molecule has 2 rings (SSSR count). The fraction of sp³-hybridized carbons (Fsp3) is 0.417. The second-order valence-corrected chi connectivity index (χ2v) is 8.25. The Morgan fingerprint density at radius 1 is 0.966 bits per heavy atom. The Bertz CT molecular complexity index is 836. The molecule has 0 saturated heterocycles. The molecule has 0 aliphatic rings. The minimum Gasteiger partial charge on any atom is -0.496 e. The number of amides is 2. The lowest BCUT2D eigenvalue weighted by atomic mass is 9.87. The molecule has 2 amide bonds. The molecule has 0 radical (unpaired) electrons. The van der Waals surface area contributed by atoms with Crippen molar-refractivity contribution in [2.75, 3.05) is 20.2 Å². The van der Waals surface area contributed by atoms with Gasteiger partial charge in [-0.25, -0.2) is 0 Å². The van der Waals surface area contributed by atoms with E-state index in [9.17, 15) is 9.59 Å². The topological polar surface area (TPSA) is 67.4 Å². The van der Waals surface area contributed by atoms with E-state index in [4.69, 9.17) is 4.74 Å². The number of carbonyl (C=O) groups excluding carboxylic acids is 2. The van der Waals surface area contributed by atoms with E-state index in [-0.39, 0.29) is 23.7 Å². The number of ether oxygens (including phenoxy) is 1. The van der Waals surface area contributed by atoms with Crippen molar-refractivity contribution in [3.63, 3.8) is 0 Å². The van der Waals surface area contributed by atoms with Crippen molar-refractivity contribution in [1.29, 1.82) is 0 Å². The van der Waals surface area contributed by atoms with Gasteiger partial charge in [-0.2, -0.15) is 0 Å². The molecule has 5 nitrogen and oxygen atoms in total. The zero-order valence-electron chi connectivity index (χ0n) is 18.1. The Kier molecular flexibility index (Phi) is 7.82. The van der Waals surface area contributed by atoms with Gasteiger partial charge in [-0.3, -0.25) is 9.59 Å². The van der Waals surface area contributed by atoms with Crippen LogP contribution < -0.4 is 15.4 Å². The number of hydrogen-bond donors (Lipinski definition) is 2. The van der Waals surface area contributed by atoms with Crippen LogP contribution in [0, 0.1) is 6.92 Å². The SMILES string of the molecule is COc1ccc(C)cc1CCNC(=O)CCNC(=O)c1ccc(C(C)(C)C)cc1. The number of hydrogen-bond acceptors (Lipinski definition) is 3. The highest BCUT2D eigenvalue weighted by Gasteiger charge is 2.14. The van der Waals surface area contributed by atoms with Crippen LogP contribution in [0.1, 0.15) is 54.2 Å². The Hall–Kier alpha value is -2.82. The van der Waals surface area contributed by atoms with Crippen LogP contribution in [0.25, 0.3) is 0 Å². The van der Waals surface area contributed by atoms with E-state index in [1.54, 1.807) is 7.11 Å². The molecule has 2 N–H and O–H groups in total. The molecule has 0 aliphatic heterocycles. The minimum atomic E-state index is -0.164. The van der Waals surface area contributed by atoms with E-state index >= 15 is 0 Å². The van der Waals surface area contributed by atoms with Crippen LogP contribution in [0.4, 0.5) is 0 Å². The van der Waals surface area contributed by atoms with E-state index in [2.05, 4.69) is 37.5 Å². The third-order valence-electron chi connectivity index (χ3n) is 4.80. The van der Waals surface area contributed by atoms with Crippen LogP contribution in [0.15, 0.2) is 42.5 Å². The molecule has 0 spiro atoms. The fourth-order valence-electron chi connectivity index (χ4n) is 3.04. The lowest BCUT2D eigenvalue weighted by Crippen LogP contribution is -2.31. The molecule has 0 saturated carbocycles. The summed E-state index contributed by atoms with van der Waals surface area (Å²) in [6, 6.07) is 13.6. The summed E-state index contributed by atoms with van der Waals surface area (Å²) in [5, 5.41) is 5.70. The fourth-order valence-corrected chi connectivity index (χ4v) is 3.04. The maximum atomic E-state index is 12.2. The average molecular weight is 397 g/mol. The zero-order chi connectivity index (χ0) is 21.4. The maximum absolute atomic E-state index is 12.2. The Balaban J connectivity index is 1.73. The molecule has 29 heavy (non-hydrogen) atoms. The predicted octanol–water partition coefficient (Wildman–Crippen LogP) is 3.78. The summed E-state index contributed by atoms with van der Waals surface area (Å²) in [4.78, 5) is 24.3. The molecule has 2 aromatic carbocycles. The molecule has 0 atom stereocenters. The number of methoxy groups -OCH3 is 1. The summed E-state index contributed by atoms with van der Waals surface area (Å²) in [5.74, 6) is 0.581. The van der Waals surface area contributed by atoms with Crippen molar-refractivity contribution in [2.24, 2.45) is 0 Å². The third kappa shape index (κ3) is 6.93. The van der Waals surface area contributed by atoms with Gasteiger partial charge in [-0.05, 0) is 48.1 Å². The van der Waals surface area contributed by atoms with Gasteiger partial charge in [0.1, 0.15) is 5.75 Å². The summed E-state index contributed by atoms with van der Waals surface area (Å²) in [6.07, 6.45) is 0.944. The van der Waals surface area contributed by atoms with Gasteiger partial charge in [-0.1, -0.05) is 50.6 Å². The van der Waals surface area contributed by atoms with E-state index in [0.717, 1.165) is 16.9 Å². The third-order valence-corrected chi connectivity index (χ3v) is 4.80. The molecule has 0 fully saturated rings. The summed E-state index contributed by atoms with van der Waals surface area (Å²) < 4.78 is 5.36. The molecule has 5 heteroatoms. The number of carbonyl (C=O) groups is 2. The second-order valence-electron chi connectivity index (χ2n) is 8.25. The molecule has 2 aromatic rings. The summed E-state index contributed by atoms with van der Waals surface area (Å²) in [6.45, 7) is 9.27. The quantitative estimate of drug-likeness (QED) is 0.714. The number of benzene rings is 2. The number of nitrogens with one attached hydrogen (secondary N) is 2. The summed E-state index contributed by atoms with van der Waals surface area (Å²) >= 11 is 0. The molecule has 156 valence electrons. The lowest BCUT2D eigenvalue weighted by molar-refractivity contribution is -0.120. The van der Waals surface area contributed by atoms with E-state index < -0.39 is 0 Å². The van der Waals surface area contributed by atoms with Crippen molar-refractivity contribution >= 4 is 11.8 Å². The van der Waals surface area contributed by atoms with Crippen LogP contribution in [-0.4, -0.2) is 32.0 Å². The van der Waals surface area contributed by atoms with Crippen LogP contribution in [0.2, 0.25) is 0 Å². The Morgan fingerprint density at radius 3 is 2.28 bits per heavy atom. The summed E-state index contributed by atoms with van der Waals surface area (Å²) in [5.41, 5.74) is 4.06. The maximum Gasteiger partial charge on any atom is 0.251 e. The minimum absolute atomic E-state index is 0.0511. The van der Waals surface area contributed by atoms with Gasteiger partial charge >= 0.3 is 0 Å². The van der Waals surface area contributed by atoms with Crippen molar-refractivity contribution in [3.8, 4) is 5.75 Å². The van der Waals surface area contributed by atoms with Crippen LogP contribution in [0.3, 0.4) is 0 Å². The van der Waals surface area contributed by atoms with E-state index in [0.29, 0.717) is 25.1 Å². The van der Waals surface area contributed by atoms with Gasteiger partial charge in [-0.15, -0.1) is 0 Å². The molecule has 0 bridgehead atoms. The molecule has 0 heterocycles. The normalized spacial score (nSPS) is 11.1. The van der Waals surface area contributed by atoms with E-state index in [1.807, 2.05) is 43.3 Å². The largest absolute Gasteiger partial charge is 0.496 e. The first kappa shape index (κ1) is 22.5. The van der Waals surface area contributed by atoms with Gasteiger partial charge < -0.3 is 15.4 Å². The first-order valence-electron chi connectivity index (χ1n) is 9.99. The Labute approximate surface area is 173 Å². The van der Waals surface area contributed by atoms with Crippen LogP contribution >= 0.6 is 0 Å². The van der Waals surface area contributed by atoms with Gasteiger partial charge in [0.2, 0.25) is 5.91 Å². The van der Waals surface area contributed by atoms with Gasteiger partial charge in [0.25, 0.3) is 5.91 Å². The second kappa shape index (κ2) is 10.1. The molecule has 0 aliphatic carbocycles. The first-order valence-corrected chi connectivity index (χ1v) is 9.99. The summed E-state index contributed by atoms with van der Waals surface area (Å²) in [7, 11) is 1.64. The zero-order valence-corrected chi connectivity index (χ0v) is 18.1. The van der Waals surface area contributed by atoms with Crippen molar-refractivity contribution in [1.82, 2.24) is 10.6 Å². The van der Waals surface area contributed by atoms with Crippen molar-refractivity contribution in [3.05, 3.63) is 64.7 Å². The smallest absolute Gasteiger partial charge is 0.251 e. The molecule has 0 unspecified atom stereocenters. The molecular weight excluding hydrogens is 364 g/mol. The molecule has 0 aromatic heterocycles. The highest BCUT2D eigenvalue weighted by molar-refractivity contribution is 5.94. The van der Waals surface area contributed by atoms with Gasteiger partial charge in [0.15, 0.2) is 0 Å². The highest BCUT2D eigenvalue weighted by Crippen LogP contribution is 2.22. The monoisotopic (exact) mass is 396 g/mol. The van der Waals surface area contributed by atoms with Crippen LogP contribution in [0.5, 0.6) is 5.75 Å². The van der Waals surface area contributed by atoms with Crippen LogP contribution in [-0.2, 0) is 16.6 Å². The first-order chi connectivity index (χ1) is 13.7.